The number of rotatable bonds is 5. The van der Waals surface area contributed by atoms with Crippen LogP contribution in [0.15, 0.2) is 66.9 Å². The van der Waals surface area contributed by atoms with Crippen LogP contribution in [0.4, 0.5) is 0 Å². The first-order chi connectivity index (χ1) is 16.9. The van der Waals surface area contributed by atoms with Crippen LogP contribution in [-0.2, 0) is 7.05 Å². The number of primary amides is 1. The number of piperidine rings is 1. The molecule has 1 aliphatic rings. The summed E-state index contributed by atoms with van der Waals surface area (Å²) in [6, 6.07) is 20.2. The first-order valence-corrected chi connectivity index (χ1v) is 12.0. The second-order valence-corrected chi connectivity index (χ2v) is 9.37. The molecule has 6 nitrogen and oxygen atoms in total. The van der Waals surface area contributed by atoms with Gasteiger partial charge >= 0.3 is 0 Å². The number of benzene rings is 3. The van der Waals surface area contributed by atoms with Crippen molar-refractivity contribution in [2.45, 2.75) is 25.8 Å². The van der Waals surface area contributed by atoms with Gasteiger partial charge in [0.25, 0.3) is 5.91 Å². The van der Waals surface area contributed by atoms with Crippen LogP contribution in [0.25, 0.3) is 33.2 Å². The zero-order valence-electron chi connectivity index (χ0n) is 20.1. The van der Waals surface area contributed by atoms with Crippen molar-refractivity contribution in [3.05, 3.63) is 83.6 Å². The van der Waals surface area contributed by atoms with Crippen molar-refractivity contribution in [3.63, 3.8) is 0 Å². The normalized spacial score (nSPS) is 14.2. The number of amides is 2. The molecule has 0 bridgehead atoms. The van der Waals surface area contributed by atoms with Crippen LogP contribution in [0, 0.1) is 6.92 Å². The highest BCUT2D eigenvalue weighted by Crippen LogP contribution is 2.37. The van der Waals surface area contributed by atoms with Crippen molar-refractivity contribution in [2.75, 3.05) is 13.1 Å². The van der Waals surface area contributed by atoms with E-state index in [1.165, 1.54) is 5.56 Å². The summed E-state index contributed by atoms with van der Waals surface area (Å²) in [5.74, 6) is -0.494. The van der Waals surface area contributed by atoms with E-state index in [9.17, 15) is 9.59 Å². The highest BCUT2D eigenvalue weighted by Gasteiger charge is 2.21. The third-order valence-corrected chi connectivity index (χ3v) is 6.89. The van der Waals surface area contributed by atoms with Gasteiger partial charge in [-0.15, -0.1) is 0 Å². The zero-order valence-corrected chi connectivity index (χ0v) is 20.1. The van der Waals surface area contributed by atoms with Gasteiger partial charge < -0.3 is 20.9 Å². The Balaban J connectivity index is 1.64. The Bertz CT molecular complexity index is 1400. The summed E-state index contributed by atoms with van der Waals surface area (Å²) in [6.07, 6.45) is 3.79. The first kappa shape index (κ1) is 22.9. The molecule has 2 heterocycles. The monoisotopic (exact) mass is 466 g/mol. The van der Waals surface area contributed by atoms with E-state index >= 15 is 0 Å². The minimum absolute atomic E-state index is 0.0411. The molecule has 35 heavy (non-hydrogen) atoms. The molecule has 0 aliphatic carbocycles. The lowest BCUT2D eigenvalue weighted by atomic mass is 9.91. The molecule has 178 valence electrons. The molecule has 6 heteroatoms. The Kier molecular flexibility index (Phi) is 6.14. The smallest absolute Gasteiger partial charge is 0.253 e. The molecule has 0 radical (unpaired) electrons. The number of carbonyl (C=O) groups excluding carboxylic acids is 2. The summed E-state index contributed by atoms with van der Waals surface area (Å²) < 4.78 is 2.02. The number of nitrogens with two attached hydrogens (primary N) is 1. The lowest BCUT2D eigenvalue weighted by Gasteiger charge is -2.23. The van der Waals surface area contributed by atoms with Crippen molar-refractivity contribution >= 4 is 22.7 Å². The molecule has 0 atom stereocenters. The second kappa shape index (κ2) is 9.39. The Morgan fingerprint density at radius 2 is 1.54 bits per heavy atom. The molecule has 4 aromatic rings. The van der Waals surface area contributed by atoms with Crippen LogP contribution in [0.3, 0.4) is 0 Å². The van der Waals surface area contributed by atoms with Crippen molar-refractivity contribution in [2.24, 2.45) is 12.8 Å². The van der Waals surface area contributed by atoms with E-state index in [1.807, 2.05) is 29.9 Å². The van der Waals surface area contributed by atoms with Crippen LogP contribution >= 0.6 is 0 Å². The SMILES string of the molecule is Cc1ccc(-c2cc3c(cc2-c2ccc(C(N)=O)cc2)c(C(=O)NC2CCNCC2)cn3C)cc1. The van der Waals surface area contributed by atoms with E-state index in [1.54, 1.807) is 12.1 Å². The van der Waals surface area contributed by atoms with E-state index in [-0.39, 0.29) is 11.9 Å². The molecule has 3 aromatic carbocycles. The van der Waals surface area contributed by atoms with Crippen molar-refractivity contribution in [3.8, 4) is 22.3 Å². The largest absolute Gasteiger partial charge is 0.366 e. The van der Waals surface area contributed by atoms with E-state index in [4.69, 9.17) is 5.73 Å². The van der Waals surface area contributed by atoms with E-state index in [0.29, 0.717) is 11.1 Å². The van der Waals surface area contributed by atoms with Crippen molar-refractivity contribution in [1.82, 2.24) is 15.2 Å². The van der Waals surface area contributed by atoms with Gasteiger partial charge in [-0.05, 0) is 79.4 Å². The summed E-state index contributed by atoms with van der Waals surface area (Å²) >= 11 is 0. The Morgan fingerprint density at radius 1 is 0.943 bits per heavy atom. The number of fused-ring (bicyclic) bond motifs is 1. The number of nitrogens with one attached hydrogen (secondary N) is 2. The molecule has 1 saturated heterocycles. The van der Waals surface area contributed by atoms with Crippen LogP contribution in [0.2, 0.25) is 0 Å². The highest BCUT2D eigenvalue weighted by molar-refractivity contribution is 6.09. The Labute approximate surface area is 205 Å². The van der Waals surface area contributed by atoms with Gasteiger partial charge in [0.2, 0.25) is 5.91 Å². The van der Waals surface area contributed by atoms with Gasteiger partial charge in [0.1, 0.15) is 0 Å². The van der Waals surface area contributed by atoms with Gasteiger partial charge in [-0.1, -0.05) is 42.0 Å². The average Bonchev–Trinajstić information content (AvgIpc) is 3.20. The molecule has 1 aromatic heterocycles. The molecule has 2 amide bonds. The molecule has 5 rings (SSSR count). The number of hydrogen-bond acceptors (Lipinski definition) is 3. The van der Waals surface area contributed by atoms with Crippen LogP contribution < -0.4 is 16.4 Å². The van der Waals surface area contributed by atoms with Gasteiger partial charge in [-0.3, -0.25) is 9.59 Å². The lowest BCUT2D eigenvalue weighted by molar-refractivity contribution is 0.0930. The summed E-state index contributed by atoms with van der Waals surface area (Å²) in [5.41, 5.74) is 12.9. The second-order valence-electron chi connectivity index (χ2n) is 9.37. The van der Waals surface area contributed by atoms with Gasteiger partial charge in [0.15, 0.2) is 0 Å². The number of carbonyl (C=O) groups is 2. The van der Waals surface area contributed by atoms with Crippen molar-refractivity contribution in [1.29, 1.82) is 0 Å². The fourth-order valence-electron chi connectivity index (χ4n) is 4.86. The van der Waals surface area contributed by atoms with Crippen LogP contribution in [0.1, 0.15) is 39.1 Å². The minimum Gasteiger partial charge on any atom is -0.366 e. The number of hydrogen-bond donors (Lipinski definition) is 3. The maximum atomic E-state index is 13.3. The Hall–Kier alpha value is -3.90. The molecule has 4 N–H and O–H groups in total. The van der Waals surface area contributed by atoms with E-state index in [0.717, 1.165) is 59.1 Å². The maximum Gasteiger partial charge on any atom is 0.253 e. The molecule has 0 unspecified atom stereocenters. The van der Waals surface area contributed by atoms with Gasteiger partial charge in [-0.25, -0.2) is 0 Å². The van der Waals surface area contributed by atoms with Crippen molar-refractivity contribution < 1.29 is 9.59 Å². The maximum absolute atomic E-state index is 13.3. The van der Waals surface area contributed by atoms with Crippen LogP contribution in [-0.4, -0.2) is 35.5 Å². The fourth-order valence-corrected chi connectivity index (χ4v) is 4.86. The average molecular weight is 467 g/mol. The predicted molar refractivity (Wildman–Crippen MR) is 140 cm³/mol. The molecule has 0 spiro atoms. The third kappa shape index (κ3) is 4.57. The predicted octanol–water partition coefficient (Wildman–Crippen LogP) is 4.40. The molecule has 1 fully saturated rings. The van der Waals surface area contributed by atoms with E-state index in [2.05, 4.69) is 54.0 Å². The quantitative estimate of drug-likeness (QED) is 0.407. The summed E-state index contributed by atoms with van der Waals surface area (Å²) in [5, 5.41) is 7.47. The van der Waals surface area contributed by atoms with Crippen LogP contribution in [0.5, 0.6) is 0 Å². The lowest BCUT2D eigenvalue weighted by Crippen LogP contribution is -2.42. The van der Waals surface area contributed by atoms with Gasteiger partial charge in [0.05, 0.1) is 5.56 Å². The van der Waals surface area contributed by atoms with Gasteiger partial charge in [0, 0.05) is 35.8 Å². The summed E-state index contributed by atoms with van der Waals surface area (Å²) in [7, 11) is 1.98. The summed E-state index contributed by atoms with van der Waals surface area (Å²) in [6.45, 7) is 3.92. The molecule has 1 aliphatic heterocycles. The molecule has 0 saturated carbocycles. The Morgan fingerprint density at radius 3 is 2.17 bits per heavy atom. The molecular formula is C29H30N4O2. The topological polar surface area (TPSA) is 89.2 Å². The minimum atomic E-state index is -0.453. The summed E-state index contributed by atoms with van der Waals surface area (Å²) in [4.78, 5) is 24.9. The van der Waals surface area contributed by atoms with E-state index < -0.39 is 5.91 Å². The highest BCUT2D eigenvalue weighted by atomic mass is 16.2. The molecular weight excluding hydrogens is 436 g/mol. The number of aryl methyl sites for hydroxylation is 2. The van der Waals surface area contributed by atoms with Gasteiger partial charge in [-0.2, -0.15) is 0 Å². The standard InChI is InChI=1S/C29H30N4O2/c1-18-3-5-19(6-4-18)24-16-27-25(15-23(24)20-7-9-21(10-8-20)28(30)34)26(17-33(27)2)29(35)32-22-11-13-31-14-12-22/h3-10,15-17,22,31H,11-14H2,1-2H3,(H2,30,34)(H,32,35). The zero-order chi connectivity index (χ0) is 24.5. The first-order valence-electron chi connectivity index (χ1n) is 12.0. The third-order valence-electron chi connectivity index (χ3n) is 6.89. The number of aromatic nitrogens is 1. The number of nitrogens with zero attached hydrogens (tertiary/aromatic N) is 1. The fraction of sp³-hybridized carbons (Fsp3) is 0.241.